The summed E-state index contributed by atoms with van der Waals surface area (Å²) in [4.78, 5) is 8.09. The van der Waals surface area contributed by atoms with Crippen LogP contribution in [0.1, 0.15) is 37.8 Å². The molecule has 19 heavy (non-hydrogen) atoms. The maximum absolute atomic E-state index is 11.5. The van der Waals surface area contributed by atoms with E-state index in [2.05, 4.69) is 22.2 Å². The number of hydrogen-bond acceptors (Lipinski definition) is 5. The molecule has 106 valence electrons. The van der Waals surface area contributed by atoms with E-state index in [0.29, 0.717) is 11.5 Å². The van der Waals surface area contributed by atoms with Gasteiger partial charge in [-0.2, -0.15) is 0 Å². The van der Waals surface area contributed by atoms with Crippen LogP contribution in [0.4, 0.5) is 0 Å². The molecule has 0 bridgehead atoms. The first-order chi connectivity index (χ1) is 9.11. The maximum Gasteiger partial charge on any atom is 0.150 e. The highest BCUT2D eigenvalue weighted by molar-refractivity contribution is 7.91. The van der Waals surface area contributed by atoms with Gasteiger partial charge >= 0.3 is 0 Å². The van der Waals surface area contributed by atoms with Crippen LogP contribution in [-0.2, 0) is 9.84 Å². The van der Waals surface area contributed by atoms with Gasteiger partial charge in [-0.3, -0.25) is 0 Å². The predicted molar refractivity (Wildman–Crippen MR) is 74.4 cm³/mol. The van der Waals surface area contributed by atoms with Gasteiger partial charge in [0.2, 0.25) is 0 Å². The molecule has 1 aromatic rings. The average Bonchev–Trinajstić information content (AvgIpc) is 2.75. The molecule has 5 nitrogen and oxygen atoms in total. The number of sulfone groups is 1. The Balaban J connectivity index is 2.02. The lowest BCUT2D eigenvalue weighted by Gasteiger charge is -2.21. The molecule has 1 aromatic heterocycles. The first-order valence-electron chi connectivity index (χ1n) is 6.79. The summed E-state index contributed by atoms with van der Waals surface area (Å²) in [5.41, 5.74) is 1.04. The van der Waals surface area contributed by atoms with Gasteiger partial charge in [-0.15, -0.1) is 0 Å². The number of nitrogens with zero attached hydrogens (tertiary/aromatic N) is 2. The lowest BCUT2D eigenvalue weighted by atomic mass is 9.95. The van der Waals surface area contributed by atoms with E-state index >= 15 is 0 Å². The molecule has 1 fully saturated rings. The van der Waals surface area contributed by atoms with Crippen LogP contribution in [0.3, 0.4) is 0 Å². The number of hydrogen-bond donors (Lipinski definition) is 1. The second kappa shape index (κ2) is 6.43. The summed E-state index contributed by atoms with van der Waals surface area (Å²) in [7, 11) is -2.80. The van der Waals surface area contributed by atoms with Crippen molar-refractivity contribution in [2.75, 3.05) is 18.1 Å². The minimum Gasteiger partial charge on any atom is -0.310 e. The molecule has 2 rings (SSSR count). The summed E-state index contributed by atoms with van der Waals surface area (Å²) >= 11 is 0. The molecule has 2 unspecified atom stereocenters. The summed E-state index contributed by atoms with van der Waals surface area (Å²) in [5, 5.41) is 3.47. The molecule has 0 radical (unpaired) electrons. The van der Waals surface area contributed by atoms with Crippen molar-refractivity contribution in [3.05, 3.63) is 24.3 Å². The highest BCUT2D eigenvalue weighted by Crippen LogP contribution is 2.28. The Morgan fingerprint density at radius 2 is 2.16 bits per heavy atom. The van der Waals surface area contributed by atoms with Crippen LogP contribution in [0.2, 0.25) is 0 Å². The molecule has 1 aliphatic rings. The highest BCUT2D eigenvalue weighted by Gasteiger charge is 2.30. The Kier molecular flexibility index (Phi) is 4.87. The molecule has 2 atom stereocenters. The van der Waals surface area contributed by atoms with Crippen molar-refractivity contribution in [1.82, 2.24) is 15.3 Å². The normalized spacial score (nSPS) is 23.3. The van der Waals surface area contributed by atoms with Crippen molar-refractivity contribution in [3.63, 3.8) is 0 Å². The minimum absolute atomic E-state index is 0.152. The monoisotopic (exact) mass is 283 g/mol. The molecule has 0 spiro atoms. The van der Waals surface area contributed by atoms with Crippen molar-refractivity contribution in [1.29, 1.82) is 0 Å². The minimum atomic E-state index is -2.80. The van der Waals surface area contributed by atoms with Gasteiger partial charge in [0.1, 0.15) is 6.33 Å². The molecule has 0 saturated carbocycles. The fourth-order valence-electron chi connectivity index (χ4n) is 2.54. The summed E-state index contributed by atoms with van der Waals surface area (Å²) < 4.78 is 23.1. The smallest absolute Gasteiger partial charge is 0.150 e. The summed E-state index contributed by atoms with van der Waals surface area (Å²) in [6.45, 7) is 3.03. The molecule has 0 aliphatic carbocycles. The lowest BCUT2D eigenvalue weighted by molar-refractivity contribution is 0.413. The largest absolute Gasteiger partial charge is 0.310 e. The van der Waals surface area contributed by atoms with Gasteiger partial charge < -0.3 is 5.32 Å². The van der Waals surface area contributed by atoms with Crippen LogP contribution >= 0.6 is 0 Å². The SMILES string of the molecule is CCCNC(CC1CCS(=O)(=O)C1)c1cncnc1. The number of rotatable bonds is 6. The molecule has 0 aromatic carbocycles. The van der Waals surface area contributed by atoms with Crippen molar-refractivity contribution in [2.45, 2.75) is 32.2 Å². The Morgan fingerprint density at radius 1 is 1.42 bits per heavy atom. The summed E-state index contributed by atoms with van der Waals surface area (Å²) in [6, 6.07) is 0.152. The molecule has 1 N–H and O–H groups in total. The van der Waals surface area contributed by atoms with Gasteiger partial charge in [-0.25, -0.2) is 18.4 Å². The number of aromatic nitrogens is 2. The average molecular weight is 283 g/mol. The van der Waals surface area contributed by atoms with Crippen LogP contribution in [0.15, 0.2) is 18.7 Å². The van der Waals surface area contributed by atoms with E-state index in [1.165, 1.54) is 6.33 Å². The molecule has 1 saturated heterocycles. The van der Waals surface area contributed by atoms with Gasteiger partial charge in [-0.1, -0.05) is 6.92 Å². The Labute approximate surface area is 114 Å². The zero-order chi connectivity index (χ0) is 13.7. The first kappa shape index (κ1) is 14.4. The van der Waals surface area contributed by atoms with E-state index in [0.717, 1.165) is 31.4 Å². The van der Waals surface area contributed by atoms with Crippen LogP contribution in [0.5, 0.6) is 0 Å². The molecule has 1 aliphatic heterocycles. The summed E-state index contributed by atoms with van der Waals surface area (Å²) in [6.07, 6.45) is 7.80. The van der Waals surface area contributed by atoms with Crippen LogP contribution in [-0.4, -0.2) is 36.4 Å². The third-order valence-corrected chi connectivity index (χ3v) is 5.36. The topological polar surface area (TPSA) is 72.0 Å². The van der Waals surface area contributed by atoms with Gasteiger partial charge in [0.05, 0.1) is 11.5 Å². The van der Waals surface area contributed by atoms with E-state index in [9.17, 15) is 8.42 Å². The summed E-state index contributed by atoms with van der Waals surface area (Å²) in [5.74, 6) is 0.911. The van der Waals surface area contributed by atoms with Crippen molar-refractivity contribution in [2.24, 2.45) is 5.92 Å². The number of nitrogens with one attached hydrogen (secondary N) is 1. The highest BCUT2D eigenvalue weighted by atomic mass is 32.2. The fourth-order valence-corrected chi connectivity index (χ4v) is 4.42. The van der Waals surface area contributed by atoms with Crippen LogP contribution in [0.25, 0.3) is 0 Å². The van der Waals surface area contributed by atoms with E-state index in [1.807, 2.05) is 12.4 Å². The zero-order valence-electron chi connectivity index (χ0n) is 11.2. The van der Waals surface area contributed by atoms with Gasteiger partial charge in [0, 0.05) is 24.0 Å². The maximum atomic E-state index is 11.5. The fraction of sp³-hybridized carbons (Fsp3) is 0.692. The van der Waals surface area contributed by atoms with Crippen molar-refractivity contribution >= 4 is 9.84 Å². The molecular weight excluding hydrogens is 262 g/mol. The van der Waals surface area contributed by atoms with Crippen molar-refractivity contribution in [3.8, 4) is 0 Å². The van der Waals surface area contributed by atoms with E-state index in [1.54, 1.807) is 0 Å². The Bertz CT molecular complexity index is 490. The second-order valence-corrected chi connectivity index (χ2v) is 7.41. The third kappa shape index (κ3) is 4.24. The van der Waals surface area contributed by atoms with Crippen LogP contribution in [0, 0.1) is 5.92 Å². The Morgan fingerprint density at radius 3 is 2.74 bits per heavy atom. The van der Waals surface area contributed by atoms with Gasteiger partial charge in [0.25, 0.3) is 0 Å². The lowest BCUT2D eigenvalue weighted by Crippen LogP contribution is -2.25. The zero-order valence-corrected chi connectivity index (χ0v) is 12.1. The quantitative estimate of drug-likeness (QED) is 0.853. The van der Waals surface area contributed by atoms with Gasteiger partial charge in [0.15, 0.2) is 9.84 Å². The standard InChI is InChI=1S/C13H21N3O2S/c1-2-4-16-13(12-7-14-10-15-8-12)6-11-3-5-19(17,18)9-11/h7-8,10-11,13,16H,2-6,9H2,1H3. The van der Waals surface area contributed by atoms with E-state index in [-0.39, 0.29) is 12.0 Å². The second-order valence-electron chi connectivity index (χ2n) is 5.18. The molecule has 2 heterocycles. The predicted octanol–water partition coefficient (Wildman–Crippen LogP) is 1.34. The third-order valence-electron chi connectivity index (χ3n) is 3.52. The Hall–Kier alpha value is -1.01. The van der Waals surface area contributed by atoms with Crippen molar-refractivity contribution < 1.29 is 8.42 Å². The first-order valence-corrected chi connectivity index (χ1v) is 8.61. The van der Waals surface area contributed by atoms with E-state index < -0.39 is 9.84 Å². The van der Waals surface area contributed by atoms with E-state index in [4.69, 9.17) is 0 Å². The van der Waals surface area contributed by atoms with Gasteiger partial charge in [-0.05, 0) is 31.7 Å². The molecule has 6 heteroatoms. The molecular formula is C13H21N3O2S. The van der Waals surface area contributed by atoms with Crippen LogP contribution < -0.4 is 5.32 Å². The molecule has 0 amide bonds.